The van der Waals surface area contributed by atoms with Crippen LogP contribution >= 0.6 is 0 Å². The summed E-state index contributed by atoms with van der Waals surface area (Å²) in [6, 6.07) is 3.18. The SMILES string of the molecule is CCCCCCCCCCCCCCCCCC[SiH2]CCCCCCCCO. The zero-order chi connectivity index (χ0) is 20.4. The first-order valence-electron chi connectivity index (χ1n) is 13.5. The van der Waals surface area contributed by atoms with Crippen LogP contribution in [0.15, 0.2) is 0 Å². The molecule has 0 aliphatic carbocycles. The second-order valence-electron chi connectivity index (χ2n) is 9.21. The Balaban J connectivity index is 2.96. The van der Waals surface area contributed by atoms with E-state index in [9.17, 15) is 0 Å². The molecule has 0 aromatic rings. The van der Waals surface area contributed by atoms with Gasteiger partial charge in [-0.15, -0.1) is 0 Å². The van der Waals surface area contributed by atoms with Gasteiger partial charge in [0.05, 0.1) is 0 Å². The molecule has 0 spiro atoms. The average molecular weight is 413 g/mol. The van der Waals surface area contributed by atoms with Crippen LogP contribution in [0.1, 0.15) is 148 Å². The predicted molar refractivity (Wildman–Crippen MR) is 132 cm³/mol. The zero-order valence-electron chi connectivity index (χ0n) is 19.8. The van der Waals surface area contributed by atoms with Gasteiger partial charge in [0.1, 0.15) is 0 Å². The van der Waals surface area contributed by atoms with Crippen molar-refractivity contribution in [3.63, 3.8) is 0 Å². The first-order chi connectivity index (χ1) is 13.9. The summed E-state index contributed by atoms with van der Waals surface area (Å²) in [7, 11) is 0.263. The molecule has 0 bridgehead atoms. The molecule has 0 saturated carbocycles. The van der Waals surface area contributed by atoms with E-state index in [1.54, 1.807) is 12.1 Å². The van der Waals surface area contributed by atoms with Crippen molar-refractivity contribution in [1.29, 1.82) is 0 Å². The summed E-state index contributed by atoms with van der Waals surface area (Å²) in [5.74, 6) is 0. The van der Waals surface area contributed by atoms with Crippen molar-refractivity contribution in [2.45, 2.75) is 160 Å². The van der Waals surface area contributed by atoms with Crippen LogP contribution in [0, 0.1) is 0 Å². The number of rotatable bonds is 25. The standard InChI is InChI=1S/C26H56OSi/c1-2-3-4-5-6-7-8-9-10-11-12-13-14-16-19-22-25-28-26-23-20-17-15-18-21-24-27/h27H,2-26,28H2,1H3. The fraction of sp³-hybridized carbons (Fsp3) is 1.00. The molecule has 1 N–H and O–H groups in total. The molecule has 0 saturated heterocycles. The first kappa shape index (κ1) is 28.2. The van der Waals surface area contributed by atoms with Gasteiger partial charge in [-0.2, -0.15) is 0 Å². The van der Waals surface area contributed by atoms with Crippen LogP contribution in [-0.4, -0.2) is 21.2 Å². The second-order valence-corrected chi connectivity index (χ2v) is 11.3. The summed E-state index contributed by atoms with van der Waals surface area (Å²) >= 11 is 0. The summed E-state index contributed by atoms with van der Waals surface area (Å²) in [5.41, 5.74) is 0. The van der Waals surface area contributed by atoms with Gasteiger partial charge in [-0.25, -0.2) is 0 Å². The van der Waals surface area contributed by atoms with Crippen LogP contribution in [-0.2, 0) is 0 Å². The molecule has 0 aromatic carbocycles. The number of unbranched alkanes of at least 4 members (excludes halogenated alkanes) is 20. The highest BCUT2D eigenvalue weighted by Crippen LogP contribution is 2.14. The summed E-state index contributed by atoms with van der Waals surface area (Å²) < 4.78 is 0. The van der Waals surface area contributed by atoms with Gasteiger partial charge >= 0.3 is 0 Å². The van der Waals surface area contributed by atoms with Crippen LogP contribution in [0.2, 0.25) is 12.1 Å². The van der Waals surface area contributed by atoms with Gasteiger partial charge in [0.25, 0.3) is 0 Å². The molecule has 170 valence electrons. The molecule has 0 heterocycles. The Morgan fingerprint density at radius 1 is 0.393 bits per heavy atom. The Morgan fingerprint density at radius 2 is 0.679 bits per heavy atom. The Hall–Kier alpha value is 0.177. The maximum Gasteiger partial charge on any atom is 0.0431 e. The van der Waals surface area contributed by atoms with Gasteiger partial charge in [-0.05, 0) is 6.42 Å². The van der Waals surface area contributed by atoms with Crippen molar-refractivity contribution >= 4 is 9.52 Å². The molecule has 0 aliphatic rings. The first-order valence-corrected chi connectivity index (χ1v) is 15.5. The molecule has 0 amide bonds. The van der Waals surface area contributed by atoms with Gasteiger partial charge in [0, 0.05) is 16.1 Å². The average Bonchev–Trinajstić information content (AvgIpc) is 2.71. The van der Waals surface area contributed by atoms with E-state index in [0.29, 0.717) is 6.61 Å². The van der Waals surface area contributed by atoms with E-state index in [2.05, 4.69) is 6.92 Å². The topological polar surface area (TPSA) is 20.2 Å². The van der Waals surface area contributed by atoms with E-state index in [4.69, 9.17) is 5.11 Å². The van der Waals surface area contributed by atoms with E-state index >= 15 is 0 Å². The highest BCUT2D eigenvalue weighted by Gasteiger charge is 1.96. The molecule has 0 aromatic heterocycles. The van der Waals surface area contributed by atoms with Crippen molar-refractivity contribution in [3.05, 3.63) is 0 Å². The third-order valence-electron chi connectivity index (χ3n) is 6.26. The molecule has 2 heteroatoms. The summed E-state index contributed by atoms with van der Waals surface area (Å²) in [6.45, 7) is 2.68. The maximum atomic E-state index is 8.75. The van der Waals surface area contributed by atoms with Crippen molar-refractivity contribution in [2.24, 2.45) is 0 Å². The lowest BCUT2D eigenvalue weighted by atomic mass is 10.0. The third kappa shape index (κ3) is 26.2. The molecule has 0 radical (unpaired) electrons. The maximum absolute atomic E-state index is 8.75. The number of hydrogen-bond donors (Lipinski definition) is 1. The van der Waals surface area contributed by atoms with Gasteiger partial charge in [-0.3, -0.25) is 0 Å². The summed E-state index contributed by atoms with van der Waals surface area (Å²) in [6.07, 6.45) is 31.6. The largest absolute Gasteiger partial charge is 0.396 e. The smallest absolute Gasteiger partial charge is 0.0431 e. The van der Waals surface area contributed by atoms with Crippen LogP contribution in [0.5, 0.6) is 0 Å². The summed E-state index contributed by atoms with van der Waals surface area (Å²) in [5, 5.41) is 8.75. The van der Waals surface area contributed by atoms with Gasteiger partial charge in [0.2, 0.25) is 0 Å². The Labute approximate surface area is 181 Å². The third-order valence-corrected chi connectivity index (χ3v) is 8.26. The van der Waals surface area contributed by atoms with Crippen molar-refractivity contribution in [1.82, 2.24) is 0 Å². The molecular formula is C26H56OSi. The monoisotopic (exact) mass is 412 g/mol. The normalized spacial score (nSPS) is 11.8. The molecule has 1 nitrogen and oxygen atoms in total. The highest BCUT2D eigenvalue weighted by atomic mass is 28.2. The number of hydrogen-bond acceptors (Lipinski definition) is 1. The predicted octanol–water partition coefficient (Wildman–Crippen LogP) is 8.59. The molecule has 28 heavy (non-hydrogen) atoms. The summed E-state index contributed by atoms with van der Waals surface area (Å²) in [4.78, 5) is 0. The Bertz CT molecular complexity index is 231. The van der Waals surface area contributed by atoms with E-state index in [1.807, 2.05) is 0 Å². The minimum absolute atomic E-state index is 0.263. The van der Waals surface area contributed by atoms with Crippen molar-refractivity contribution in [3.8, 4) is 0 Å². The minimum atomic E-state index is 0.263. The lowest BCUT2D eigenvalue weighted by Crippen LogP contribution is -1.90. The highest BCUT2D eigenvalue weighted by molar-refractivity contribution is 6.35. The van der Waals surface area contributed by atoms with Crippen LogP contribution in [0.4, 0.5) is 0 Å². The van der Waals surface area contributed by atoms with Gasteiger partial charge < -0.3 is 5.11 Å². The van der Waals surface area contributed by atoms with Gasteiger partial charge in [-0.1, -0.05) is 154 Å². The van der Waals surface area contributed by atoms with Crippen molar-refractivity contribution < 1.29 is 5.11 Å². The zero-order valence-corrected chi connectivity index (χ0v) is 21.2. The van der Waals surface area contributed by atoms with E-state index < -0.39 is 0 Å². The molecule has 0 fully saturated rings. The van der Waals surface area contributed by atoms with Crippen molar-refractivity contribution in [2.75, 3.05) is 6.61 Å². The Morgan fingerprint density at radius 3 is 1.00 bits per heavy atom. The van der Waals surface area contributed by atoms with Crippen LogP contribution in [0.3, 0.4) is 0 Å². The lowest BCUT2D eigenvalue weighted by molar-refractivity contribution is 0.282. The second kappa shape index (κ2) is 27.2. The van der Waals surface area contributed by atoms with Crippen LogP contribution < -0.4 is 0 Å². The van der Waals surface area contributed by atoms with Crippen LogP contribution in [0.25, 0.3) is 0 Å². The van der Waals surface area contributed by atoms with E-state index in [1.165, 1.54) is 135 Å². The molecule has 0 rings (SSSR count). The Kier molecular flexibility index (Phi) is 27.3. The van der Waals surface area contributed by atoms with E-state index in [0.717, 1.165) is 6.42 Å². The lowest BCUT2D eigenvalue weighted by Gasteiger charge is -2.04. The fourth-order valence-corrected chi connectivity index (χ4v) is 6.02. The number of aliphatic hydroxyl groups is 1. The minimum Gasteiger partial charge on any atom is -0.396 e. The quantitative estimate of drug-likeness (QED) is 0.117. The molecule has 0 aliphatic heterocycles. The molecule has 0 unspecified atom stereocenters. The molecule has 0 atom stereocenters. The fourth-order valence-electron chi connectivity index (χ4n) is 4.25. The number of aliphatic hydroxyl groups excluding tert-OH is 1. The van der Waals surface area contributed by atoms with Gasteiger partial charge in [0.15, 0.2) is 0 Å². The molecular weight excluding hydrogens is 356 g/mol. The van der Waals surface area contributed by atoms with E-state index in [-0.39, 0.29) is 9.52 Å².